The lowest BCUT2D eigenvalue weighted by Crippen LogP contribution is -2.39. The second-order valence-corrected chi connectivity index (χ2v) is 12.8. The molecule has 0 aromatic heterocycles. The average molecular weight is 510 g/mol. The van der Waals surface area contributed by atoms with Crippen molar-refractivity contribution < 1.29 is 28.6 Å². The van der Waals surface area contributed by atoms with Crippen molar-refractivity contribution in [2.24, 2.45) is 5.41 Å². The van der Waals surface area contributed by atoms with E-state index in [1.54, 1.807) is 0 Å². The maximum absolute atomic E-state index is 12.4. The molecule has 0 saturated carbocycles. The molecule has 206 valence electrons. The summed E-state index contributed by atoms with van der Waals surface area (Å²) in [5, 5.41) is 0. The van der Waals surface area contributed by atoms with Crippen molar-refractivity contribution in [3.8, 4) is 0 Å². The minimum Gasteiger partial charge on any atom is -0.465 e. The molecule has 36 heavy (non-hydrogen) atoms. The molecule has 3 fully saturated rings. The summed E-state index contributed by atoms with van der Waals surface area (Å²) in [5.74, 6) is -0.873. The van der Waals surface area contributed by atoms with E-state index in [1.807, 2.05) is 6.92 Å². The molecule has 9 heteroatoms. The first-order valence-corrected chi connectivity index (χ1v) is 13.4. The van der Waals surface area contributed by atoms with Gasteiger partial charge in [0.15, 0.2) is 0 Å². The van der Waals surface area contributed by atoms with Gasteiger partial charge in [-0.1, -0.05) is 6.92 Å². The zero-order chi connectivity index (χ0) is 26.8. The summed E-state index contributed by atoms with van der Waals surface area (Å²) >= 11 is 0. The van der Waals surface area contributed by atoms with Crippen LogP contribution in [0, 0.1) is 5.41 Å². The molecule has 3 unspecified atom stereocenters. The van der Waals surface area contributed by atoms with Crippen molar-refractivity contribution in [3.05, 3.63) is 0 Å². The monoisotopic (exact) mass is 509 g/mol. The third-order valence-corrected chi connectivity index (χ3v) is 8.12. The van der Waals surface area contributed by atoms with Gasteiger partial charge in [-0.3, -0.25) is 29.1 Å². The van der Waals surface area contributed by atoms with Crippen LogP contribution in [0.1, 0.15) is 74.1 Å². The molecule has 0 bridgehead atoms. The van der Waals surface area contributed by atoms with E-state index in [1.165, 1.54) is 0 Å². The van der Waals surface area contributed by atoms with Crippen LogP contribution in [0.5, 0.6) is 0 Å². The van der Waals surface area contributed by atoms with Gasteiger partial charge in [0, 0.05) is 55.9 Å². The summed E-state index contributed by atoms with van der Waals surface area (Å²) in [6, 6.07) is 0. The fourth-order valence-electron chi connectivity index (χ4n) is 4.47. The summed E-state index contributed by atoms with van der Waals surface area (Å²) in [4.78, 5) is 44.0. The van der Waals surface area contributed by atoms with Crippen molar-refractivity contribution in [2.45, 2.75) is 90.8 Å². The molecule has 0 spiro atoms. The van der Waals surface area contributed by atoms with Gasteiger partial charge in [-0.15, -0.1) is 0 Å². The lowest BCUT2D eigenvalue weighted by atomic mass is 9.88. The first-order chi connectivity index (χ1) is 16.7. The maximum Gasteiger partial charge on any atom is 0.307 e. The van der Waals surface area contributed by atoms with Crippen molar-refractivity contribution in [1.29, 1.82) is 0 Å². The minimum absolute atomic E-state index is 0.0462. The van der Waals surface area contributed by atoms with E-state index in [4.69, 9.17) is 14.2 Å². The Labute approximate surface area is 216 Å². The standard InChI is InChI=1S/C27H47N3O6/c1-8-27(18-34-21(31)9-12-28-15-24(28,2)3,19-35-22(32)10-13-29-16-25(29,4)5)20-36-23(33)11-14-30-17-26(30,6)7/h8-20H2,1-7H3. The first kappa shape index (κ1) is 28.9. The molecule has 0 radical (unpaired) electrons. The van der Waals surface area contributed by atoms with Crippen molar-refractivity contribution in [2.75, 3.05) is 59.1 Å². The highest BCUT2D eigenvalue weighted by atomic mass is 16.6. The SMILES string of the molecule is CCC(COC(=O)CCN1CC1(C)C)(COC(=O)CCN1CC1(C)C)COC(=O)CCN1CC1(C)C. The van der Waals surface area contributed by atoms with Crippen LogP contribution in [0.15, 0.2) is 0 Å². The molecule has 3 heterocycles. The molecular formula is C27H47N3O6. The predicted octanol–water partition coefficient (Wildman–Crippen LogP) is 2.47. The summed E-state index contributed by atoms with van der Waals surface area (Å²) in [6.07, 6.45) is 1.46. The Bertz CT molecular complexity index is 722. The van der Waals surface area contributed by atoms with Gasteiger partial charge in [-0.25, -0.2) is 0 Å². The number of carbonyl (C=O) groups excluding carboxylic acids is 3. The average Bonchev–Trinajstić information content (AvgIpc) is 3.73. The van der Waals surface area contributed by atoms with Gasteiger partial charge in [0.2, 0.25) is 0 Å². The summed E-state index contributed by atoms with van der Waals surface area (Å²) in [6.45, 7) is 19.9. The highest BCUT2D eigenvalue weighted by Crippen LogP contribution is 2.32. The van der Waals surface area contributed by atoms with Crippen LogP contribution in [0.25, 0.3) is 0 Å². The Kier molecular flexibility index (Phi) is 8.78. The molecule has 3 rings (SSSR count). The lowest BCUT2D eigenvalue weighted by molar-refractivity contribution is -0.162. The third kappa shape index (κ3) is 8.42. The fraction of sp³-hybridized carbons (Fsp3) is 0.889. The molecule has 9 nitrogen and oxygen atoms in total. The fourth-order valence-corrected chi connectivity index (χ4v) is 4.47. The number of esters is 3. The molecule has 0 aliphatic carbocycles. The topological polar surface area (TPSA) is 87.9 Å². The van der Waals surface area contributed by atoms with Crippen molar-refractivity contribution in [1.82, 2.24) is 14.7 Å². The molecule has 0 aromatic rings. The van der Waals surface area contributed by atoms with Crippen LogP contribution in [0.2, 0.25) is 0 Å². The second-order valence-electron chi connectivity index (χ2n) is 12.8. The summed E-state index contributed by atoms with van der Waals surface area (Å²) < 4.78 is 16.8. The highest BCUT2D eigenvalue weighted by Gasteiger charge is 2.44. The van der Waals surface area contributed by atoms with Crippen LogP contribution in [-0.2, 0) is 28.6 Å². The van der Waals surface area contributed by atoms with Crippen molar-refractivity contribution >= 4 is 17.9 Å². The van der Waals surface area contributed by atoms with Gasteiger partial charge in [-0.05, 0) is 48.0 Å². The minimum atomic E-state index is -0.765. The van der Waals surface area contributed by atoms with Gasteiger partial charge in [0.1, 0.15) is 19.8 Å². The molecule has 3 aliphatic rings. The zero-order valence-electron chi connectivity index (χ0n) is 23.5. The van der Waals surface area contributed by atoms with E-state index in [0.717, 1.165) is 19.6 Å². The number of carbonyl (C=O) groups is 3. The largest absolute Gasteiger partial charge is 0.465 e. The van der Waals surface area contributed by atoms with E-state index in [9.17, 15) is 14.4 Å². The zero-order valence-corrected chi connectivity index (χ0v) is 23.5. The van der Waals surface area contributed by atoms with Gasteiger partial charge >= 0.3 is 17.9 Å². The Morgan fingerprint density at radius 1 is 0.611 bits per heavy atom. The van der Waals surface area contributed by atoms with E-state index < -0.39 is 5.41 Å². The Hall–Kier alpha value is -1.71. The molecule has 0 amide bonds. The number of nitrogens with zero attached hydrogens (tertiary/aromatic N) is 3. The smallest absolute Gasteiger partial charge is 0.307 e. The molecule has 3 atom stereocenters. The van der Waals surface area contributed by atoms with Gasteiger partial charge < -0.3 is 14.2 Å². The Morgan fingerprint density at radius 3 is 1.06 bits per heavy atom. The molecule has 0 N–H and O–H groups in total. The normalized spacial score (nSPS) is 27.9. The van der Waals surface area contributed by atoms with Gasteiger partial charge in [0.05, 0.1) is 24.7 Å². The van der Waals surface area contributed by atoms with Crippen LogP contribution in [0.4, 0.5) is 0 Å². The van der Waals surface area contributed by atoms with Gasteiger partial charge in [0.25, 0.3) is 0 Å². The number of hydrogen-bond acceptors (Lipinski definition) is 9. The van der Waals surface area contributed by atoms with Crippen LogP contribution in [0.3, 0.4) is 0 Å². The lowest BCUT2D eigenvalue weighted by Gasteiger charge is -2.31. The quantitative estimate of drug-likeness (QED) is 0.177. The van der Waals surface area contributed by atoms with E-state index in [-0.39, 0.29) is 54.3 Å². The molecule has 3 saturated heterocycles. The Morgan fingerprint density at radius 2 is 0.861 bits per heavy atom. The molecular weight excluding hydrogens is 462 g/mol. The highest BCUT2D eigenvalue weighted by molar-refractivity contribution is 5.71. The number of rotatable bonds is 16. The molecule has 3 aliphatic heterocycles. The van der Waals surface area contributed by atoms with E-state index in [2.05, 4.69) is 56.2 Å². The Balaban J connectivity index is 1.48. The number of hydrogen-bond donors (Lipinski definition) is 0. The van der Waals surface area contributed by atoms with Crippen LogP contribution < -0.4 is 0 Å². The van der Waals surface area contributed by atoms with Crippen LogP contribution >= 0.6 is 0 Å². The summed E-state index contributed by atoms with van der Waals surface area (Å²) in [7, 11) is 0. The van der Waals surface area contributed by atoms with E-state index >= 15 is 0 Å². The van der Waals surface area contributed by atoms with Crippen molar-refractivity contribution in [3.63, 3.8) is 0 Å². The second kappa shape index (κ2) is 11.0. The number of ether oxygens (including phenoxy) is 3. The predicted molar refractivity (Wildman–Crippen MR) is 136 cm³/mol. The maximum atomic E-state index is 12.4. The summed E-state index contributed by atoms with van der Waals surface area (Å²) in [5.41, 5.74) is -0.282. The molecule has 0 aromatic carbocycles. The van der Waals surface area contributed by atoms with Gasteiger partial charge in [-0.2, -0.15) is 0 Å². The van der Waals surface area contributed by atoms with Crippen LogP contribution in [-0.4, -0.2) is 108 Å². The first-order valence-electron chi connectivity index (χ1n) is 13.4. The van der Waals surface area contributed by atoms with E-state index in [0.29, 0.717) is 45.3 Å². The third-order valence-electron chi connectivity index (χ3n) is 8.12.